The van der Waals surface area contributed by atoms with Gasteiger partial charge < -0.3 is 10.6 Å². The fourth-order valence-corrected chi connectivity index (χ4v) is 2.95. The highest BCUT2D eigenvalue weighted by atomic mass is 32.2. The van der Waals surface area contributed by atoms with E-state index in [0.29, 0.717) is 5.69 Å². The van der Waals surface area contributed by atoms with E-state index >= 15 is 0 Å². The quantitative estimate of drug-likeness (QED) is 0.659. The number of nitrogens with one attached hydrogen (secondary N) is 2. The number of carbonyl (C=O) groups excluding carboxylic acids is 1. The van der Waals surface area contributed by atoms with Crippen molar-refractivity contribution in [2.24, 2.45) is 0 Å². The summed E-state index contributed by atoms with van der Waals surface area (Å²) < 4.78 is 0. The SMILES string of the molecule is O=C(Nc1ccc([N+](=O)[O-])cc1)NC1CCCSC1. The van der Waals surface area contributed by atoms with Crippen molar-refractivity contribution in [3.05, 3.63) is 34.4 Å². The topological polar surface area (TPSA) is 84.3 Å². The summed E-state index contributed by atoms with van der Waals surface area (Å²) in [6, 6.07) is 5.72. The predicted octanol–water partition coefficient (Wildman–Crippen LogP) is 2.61. The van der Waals surface area contributed by atoms with E-state index in [1.54, 1.807) is 0 Å². The lowest BCUT2D eigenvalue weighted by molar-refractivity contribution is -0.384. The van der Waals surface area contributed by atoms with Gasteiger partial charge in [0.25, 0.3) is 5.69 Å². The molecule has 2 N–H and O–H groups in total. The minimum atomic E-state index is -0.469. The Labute approximate surface area is 115 Å². The van der Waals surface area contributed by atoms with Gasteiger partial charge in [0.1, 0.15) is 0 Å². The molecule has 0 radical (unpaired) electrons. The van der Waals surface area contributed by atoms with Gasteiger partial charge in [0.15, 0.2) is 0 Å². The van der Waals surface area contributed by atoms with Crippen LogP contribution in [0.3, 0.4) is 0 Å². The minimum absolute atomic E-state index is 0.00892. The minimum Gasteiger partial charge on any atom is -0.334 e. The number of non-ortho nitro benzene ring substituents is 1. The molecule has 1 unspecified atom stereocenters. The Balaban J connectivity index is 1.85. The van der Waals surface area contributed by atoms with Gasteiger partial charge in [0.2, 0.25) is 0 Å². The van der Waals surface area contributed by atoms with Gasteiger partial charge in [-0.2, -0.15) is 11.8 Å². The van der Waals surface area contributed by atoms with Crippen LogP contribution in [0.1, 0.15) is 12.8 Å². The molecule has 19 heavy (non-hydrogen) atoms. The zero-order valence-corrected chi connectivity index (χ0v) is 11.1. The summed E-state index contributed by atoms with van der Waals surface area (Å²) in [4.78, 5) is 21.8. The summed E-state index contributed by atoms with van der Waals surface area (Å²) in [7, 11) is 0. The lowest BCUT2D eigenvalue weighted by Crippen LogP contribution is -2.40. The van der Waals surface area contributed by atoms with Crippen LogP contribution in [0.2, 0.25) is 0 Å². The van der Waals surface area contributed by atoms with Gasteiger partial charge >= 0.3 is 6.03 Å². The van der Waals surface area contributed by atoms with Crippen LogP contribution in [-0.2, 0) is 0 Å². The molecule has 7 heteroatoms. The number of benzene rings is 1. The largest absolute Gasteiger partial charge is 0.334 e. The number of rotatable bonds is 3. The number of nitro benzene ring substituents is 1. The average molecular weight is 281 g/mol. The number of nitrogens with zero attached hydrogens (tertiary/aromatic N) is 1. The van der Waals surface area contributed by atoms with Gasteiger partial charge in [0, 0.05) is 29.6 Å². The van der Waals surface area contributed by atoms with Crippen LogP contribution in [0, 0.1) is 10.1 Å². The monoisotopic (exact) mass is 281 g/mol. The molecule has 2 amide bonds. The van der Waals surface area contributed by atoms with Gasteiger partial charge in [-0.1, -0.05) is 0 Å². The fourth-order valence-electron chi connectivity index (χ4n) is 1.87. The summed E-state index contributed by atoms with van der Waals surface area (Å²) in [5, 5.41) is 16.1. The number of anilines is 1. The van der Waals surface area contributed by atoms with E-state index in [2.05, 4.69) is 10.6 Å². The van der Waals surface area contributed by atoms with E-state index in [1.165, 1.54) is 24.3 Å². The Bertz CT molecular complexity index is 458. The first-order chi connectivity index (χ1) is 9.15. The van der Waals surface area contributed by atoms with Gasteiger partial charge in [-0.25, -0.2) is 4.79 Å². The van der Waals surface area contributed by atoms with E-state index in [0.717, 1.165) is 24.3 Å². The first kappa shape index (κ1) is 13.7. The molecule has 1 aliphatic heterocycles. The van der Waals surface area contributed by atoms with Crippen molar-refractivity contribution in [1.29, 1.82) is 0 Å². The van der Waals surface area contributed by atoms with Gasteiger partial charge in [0.05, 0.1) is 4.92 Å². The van der Waals surface area contributed by atoms with Crippen molar-refractivity contribution in [3.63, 3.8) is 0 Å². The fraction of sp³-hybridized carbons (Fsp3) is 0.417. The molecule has 0 aromatic heterocycles. The Kier molecular flexibility index (Phi) is 4.62. The van der Waals surface area contributed by atoms with E-state index in [1.807, 2.05) is 11.8 Å². The van der Waals surface area contributed by atoms with E-state index in [9.17, 15) is 14.9 Å². The highest BCUT2D eigenvalue weighted by Gasteiger charge is 2.16. The normalized spacial score (nSPS) is 18.6. The predicted molar refractivity (Wildman–Crippen MR) is 75.6 cm³/mol. The van der Waals surface area contributed by atoms with Crippen molar-refractivity contribution < 1.29 is 9.72 Å². The molecule has 0 spiro atoms. The number of nitro groups is 1. The molecule has 1 aromatic carbocycles. The van der Waals surface area contributed by atoms with Crippen LogP contribution in [0.15, 0.2) is 24.3 Å². The lowest BCUT2D eigenvalue weighted by atomic mass is 10.2. The van der Waals surface area contributed by atoms with Crippen molar-refractivity contribution in [3.8, 4) is 0 Å². The Morgan fingerprint density at radius 1 is 1.37 bits per heavy atom. The summed E-state index contributed by atoms with van der Waals surface area (Å²) in [5.74, 6) is 2.09. The molecule has 1 aliphatic rings. The van der Waals surface area contributed by atoms with E-state index in [4.69, 9.17) is 0 Å². The van der Waals surface area contributed by atoms with E-state index in [-0.39, 0.29) is 17.8 Å². The summed E-state index contributed by atoms with van der Waals surface area (Å²) in [5.41, 5.74) is 0.557. The zero-order chi connectivity index (χ0) is 13.7. The molecule has 102 valence electrons. The molecule has 6 nitrogen and oxygen atoms in total. The molecule has 1 heterocycles. The molecule has 0 aliphatic carbocycles. The van der Waals surface area contributed by atoms with Crippen molar-refractivity contribution in [1.82, 2.24) is 5.32 Å². The molecule has 2 rings (SSSR count). The Morgan fingerprint density at radius 2 is 2.11 bits per heavy atom. The van der Waals surface area contributed by atoms with Crippen LogP contribution < -0.4 is 10.6 Å². The highest BCUT2D eigenvalue weighted by Crippen LogP contribution is 2.18. The zero-order valence-electron chi connectivity index (χ0n) is 10.3. The van der Waals surface area contributed by atoms with Crippen LogP contribution in [0.4, 0.5) is 16.2 Å². The highest BCUT2D eigenvalue weighted by molar-refractivity contribution is 7.99. The first-order valence-corrected chi connectivity index (χ1v) is 7.20. The Morgan fingerprint density at radius 3 is 2.68 bits per heavy atom. The standard InChI is InChI=1S/C12H15N3O3S/c16-12(14-10-2-1-7-19-8-10)13-9-3-5-11(6-4-9)15(17)18/h3-6,10H,1-2,7-8H2,(H2,13,14,16). The summed E-state index contributed by atoms with van der Waals surface area (Å²) in [6.07, 6.45) is 2.12. The molecule has 0 saturated carbocycles. The maximum atomic E-state index is 11.7. The molecule has 1 fully saturated rings. The second-order valence-electron chi connectivity index (χ2n) is 4.32. The number of thioether (sulfide) groups is 1. The van der Waals surface area contributed by atoms with Crippen LogP contribution >= 0.6 is 11.8 Å². The van der Waals surface area contributed by atoms with Crippen molar-refractivity contribution >= 4 is 29.2 Å². The summed E-state index contributed by atoms with van der Waals surface area (Å²) >= 11 is 1.84. The number of urea groups is 1. The Hall–Kier alpha value is -1.76. The number of carbonyl (C=O) groups is 1. The maximum absolute atomic E-state index is 11.7. The molecular formula is C12H15N3O3S. The van der Waals surface area contributed by atoms with Crippen molar-refractivity contribution in [2.75, 3.05) is 16.8 Å². The second-order valence-corrected chi connectivity index (χ2v) is 5.47. The third-order valence-electron chi connectivity index (χ3n) is 2.83. The third kappa shape index (κ3) is 4.13. The number of amides is 2. The summed E-state index contributed by atoms with van der Waals surface area (Å²) in [6.45, 7) is 0. The van der Waals surface area contributed by atoms with Crippen LogP contribution in [0.25, 0.3) is 0 Å². The van der Waals surface area contributed by atoms with Gasteiger partial charge in [-0.05, 0) is 30.7 Å². The smallest absolute Gasteiger partial charge is 0.319 e. The molecular weight excluding hydrogens is 266 g/mol. The number of hydrogen-bond donors (Lipinski definition) is 2. The molecule has 0 bridgehead atoms. The first-order valence-electron chi connectivity index (χ1n) is 6.05. The second kappa shape index (κ2) is 6.42. The molecule has 1 saturated heterocycles. The lowest BCUT2D eigenvalue weighted by Gasteiger charge is -2.22. The number of hydrogen-bond acceptors (Lipinski definition) is 4. The van der Waals surface area contributed by atoms with E-state index < -0.39 is 4.92 Å². The van der Waals surface area contributed by atoms with Crippen LogP contribution in [-0.4, -0.2) is 28.5 Å². The van der Waals surface area contributed by atoms with Gasteiger partial charge in [-0.15, -0.1) is 0 Å². The maximum Gasteiger partial charge on any atom is 0.319 e. The van der Waals surface area contributed by atoms with Crippen LogP contribution in [0.5, 0.6) is 0 Å². The van der Waals surface area contributed by atoms with Gasteiger partial charge in [-0.3, -0.25) is 10.1 Å². The van der Waals surface area contributed by atoms with Crippen molar-refractivity contribution in [2.45, 2.75) is 18.9 Å². The third-order valence-corrected chi connectivity index (χ3v) is 4.05. The molecule has 1 aromatic rings. The average Bonchev–Trinajstić information content (AvgIpc) is 2.40. The molecule has 1 atom stereocenters.